The molecule has 5 nitrogen and oxygen atoms in total. The summed E-state index contributed by atoms with van der Waals surface area (Å²) >= 11 is 0. The third kappa shape index (κ3) is 1.54. The van der Waals surface area contributed by atoms with Crippen LogP contribution in [-0.4, -0.2) is 21.0 Å². The third-order valence-electron chi connectivity index (χ3n) is 2.10. The maximum absolute atomic E-state index is 11.0. The molecule has 2 heterocycles. The van der Waals surface area contributed by atoms with Crippen molar-refractivity contribution in [3.63, 3.8) is 0 Å². The molecule has 5 heteroatoms. The Morgan fingerprint density at radius 3 is 2.87 bits per heavy atom. The number of nitrogen functional groups attached to an aromatic ring is 1. The minimum Gasteiger partial charge on any atom is -0.478 e. The standard InChI is InChI=1S/C10H9N3O2/c11-9-8(10(14)15)7(2-4-13-9)6-1-3-12-5-6/h1-5,12H,(H2,11,13)(H,14,15). The van der Waals surface area contributed by atoms with Gasteiger partial charge < -0.3 is 15.8 Å². The molecule has 0 saturated carbocycles. The van der Waals surface area contributed by atoms with Gasteiger partial charge in [0, 0.05) is 29.7 Å². The molecule has 0 bridgehead atoms. The largest absolute Gasteiger partial charge is 0.478 e. The number of aromatic nitrogens is 2. The van der Waals surface area contributed by atoms with Crippen LogP contribution >= 0.6 is 0 Å². The average Bonchev–Trinajstić information content (AvgIpc) is 2.69. The van der Waals surface area contributed by atoms with Crippen molar-refractivity contribution in [2.24, 2.45) is 0 Å². The van der Waals surface area contributed by atoms with Gasteiger partial charge in [-0.2, -0.15) is 0 Å². The van der Waals surface area contributed by atoms with E-state index in [0.717, 1.165) is 5.56 Å². The highest BCUT2D eigenvalue weighted by molar-refractivity contribution is 6.00. The fourth-order valence-corrected chi connectivity index (χ4v) is 1.43. The third-order valence-corrected chi connectivity index (χ3v) is 2.10. The molecule has 0 radical (unpaired) electrons. The van der Waals surface area contributed by atoms with Crippen molar-refractivity contribution in [2.45, 2.75) is 0 Å². The van der Waals surface area contributed by atoms with Gasteiger partial charge in [-0.15, -0.1) is 0 Å². The van der Waals surface area contributed by atoms with Crippen LogP contribution in [0.4, 0.5) is 5.82 Å². The molecule has 0 aromatic carbocycles. The predicted octanol–water partition coefficient (Wildman–Crippen LogP) is 1.36. The minimum absolute atomic E-state index is 0.0289. The summed E-state index contributed by atoms with van der Waals surface area (Å²) in [5, 5.41) is 9.02. The van der Waals surface area contributed by atoms with Gasteiger partial charge in [-0.3, -0.25) is 0 Å². The summed E-state index contributed by atoms with van der Waals surface area (Å²) in [7, 11) is 0. The van der Waals surface area contributed by atoms with Crippen molar-refractivity contribution in [3.8, 4) is 11.1 Å². The lowest BCUT2D eigenvalue weighted by molar-refractivity contribution is 0.0698. The highest BCUT2D eigenvalue weighted by Crippen LogP contribution is 2.25. The molecule has 0 fully saturated rings. The molecule has 0 amide bonds. The molecule has 15 heavy (non-hydrogen) atoms. The Morgan fingerprint density at radius 2 is 2.27 bits per heavy atom. The first-order valence-corrected chi connectivity index (χ1v) is 4.31. The number of nitrogens with zero attached hydrogens (tertiary/aromatic N) is 1. The number of nitrogens with two attached hydrogens (primary N) is 1. The van der Waals surface area contributed by atoms with E-state index in [2.05, 4.69) is 9.97 Å². The lowest BCUT2D eigenvalue weighted by Gasteiger charge is -2.05. The van der Waals surface area contributed by atoms with E-state index in [-0.39, 0.29) is 11.4 Å². The van der Waals surface area contributed by atoms with E-state index in [1.54, 1.807) is 24.5 Å². The van der Waals surface area contributed by atoms with Crippen molar-refractivity contribution in [1.29, 1.82) is 0 Å². The van der Waals surface area contributed by atoms with Gasteiger partial charge in [0.2, 0.25) is 0 Å². The van der Waals surface area contributed by atoms with Crippen LogP contribution in [0.5, 0.6) is 0 Å². The second-order valence-corrected chi connectivity index (χ2v) is 3.02. The van der Waals surface area contributed by atoms with E-state index in [9.17, 15) is 4.79 Å². The molecule has 0 spiro atoms. The summed E-state index contributed by atoms with van der Waals surface area (Å²) in [5.41, 5.74) is 6.91. The number of carboxylic acids is 1. The maximum Gasteiger partial charge on any atom is 0.340 e. The van der Waals surface area contributed by atoms with E-state index in [1.807, 2.05) is 0 Å². The second-order valence-electron chi connectivity index (χ2n) is 3.02. The zero-order chi connectivity index (χ0) is 10.8. The first-order chi connectivity index (χ1) is 7.20. The summed E-state index contributed by atoms with van der Waals surface area (Å²) in [6.07, 6.45) is 4.92. The van der Waals surface area contributed by atoms with Gasteiger partial charge >= 0.3 is 5.97 Å². The number of carboxylic acid groups (broad SMARTS) is 1. The first-order valence-electron chi connectivity index (χ1n) is 4.31. The number of hydrogen-bond donors (Lipinski definition) is 3. The lowest BCUT2D eigenvalue weighted by atomic mass is 10.0. The smallest absolute Gasteiger partial charge is 0.340 e. The number of anilines is 1. The first kappa shape index (κ1) is 9.26. The average molecular weight is 203 g/mol. The molecule has 0 aliphatic carbocycles. The molecular weight excluding hydrogens is 194 g/mol. The van der Waals surface area contributed by atoms with Gasteiger partial charge in [0.25, 0.3) is 0 Å². The molecule has 0 atom stereocenters. The predicted molar refractivity (Wildman–Crippen MR) is 55.4 cm³/mol. The molecule has 0 unspecified atom stereocenters. The molecular formula is C10H9N3O2. The van der Waals surface area contributed by atoms with Crippen LogP contribution in [-0.2, 0) is 0 Å². The second kappa shape index (κ2) is 3.45. The summed E-state index contributed by atoms with van der Waals surface area (Å²) in [4.78, 5) is 17.6. The van der Waals surface area contributed by atoms with E-state index in [0.29, 0.717) is 5.56 Å². The Bertz CT molecular complexity index is 491. The van der Waals surface area contributed by atoms with E-state index >= 15 is 0 Å². The summed E-state index contributed by atoms with van der Waals surface area (Å²) in [6.45, 7) is 0. The SMILES string of the molecule is Nc1nccc(-c2cc[nH]c2)c1C(=O)O. The fraction of sp³-hybridized carbons (Fsp3) is 0. The van der Waals surface area contributed by atoms with Gasteiger partial charge in [0.1, 0.15) is 11.4 Å². The number of carbonyl (C=O) groups is 1. The molecule has 2 rings (SSSR count). The Labute approximate surface area is 85.6 Å². The molecule has 0 aliphatic heterocycles. The normalized spacial score (nSPS) is 10.1. The zero-order valence-corrected chi connectivity index (χ0v) is 7.77. The quantitative estimate of drug-likeness (QED) is 0.687. The molecule has 76 valence electrons. The monoisotopic (exact) mass is 203 g/mol. The van der Waals surface area contributed by atoms with Crippen LogP contribution in [0.3, 0.4) is 0 Å². The van der Waals surface area contributed by atoms with Gasteiger partial charge in [-0.05, 0) is 12.1 Å². The number of rotatable bonds is 2. The van der Waals surface area contributed by atoms with Crippen LogP contribution in [0.15, 0.2) is 30.7 Å². The number of nitrogens with one attached hydrogen (secondary N) is 1. The van der Waals surface area contributed by atoms with Crippen molar-refractivity contribution >= 4 is 11.8 Å². The summed E-state index contributed by atoms with van der Waals surface area (Å²) in [6, 6.07) is 3.41. The molecule has 4 N–H and O–H groups in total. The highest BCUT2D eigenvalue weighted by atomic mass is 16.4. The van der Waals surface area contributed by atoms with Crippen molar-refractivity contribution < 1.29 is 9.90 Å². The zero-order valence-electron chi connectivity index (χ0n) is 7.77. The van der Waals surface area contributed by atoms with E-state index in [4.69, 9.17) is 10.8 Å². The van der Waals surface area contributed by atoms with Gasteiger partial charge in [0.15, 0.2) is 0 Å². The van der Waals surface area contributed by atoms with Crippen molar-refractivity contribution in [2.75, 3.05) is 5.73 Å². The summed E-state index contributed by atoms with van der Waals surface area (Å²) < 4.78 is 0. The maximum atomic E-state index is 11.0. The topological polar surface area (TPSA) is 92.0 Å². The van der Waals surface area contributed by atoms with Crippen LogP contribution in [0.25, 0.3) is 11.1 Å². The van der Waals surface area contributed by atoms with Crippen LogP contribution in [0.1, 0.15) is 10.4 Å². The number of hydrogen-bond acceptors (Lipinski definition) is 3. The van der Waals surface area contributed by atoms with Crippen molar-refractivity contribution in [1.82, 2.24) is 9.97 Å². The van der Waals surface area contributed by atoms with Gasteiger partial charge in [0.05, 0.1) is 0 Å². The highest BCUT2D eigenvalue weighted by Gasteiger charge is 2.15. The van der Waals surface area contributed by atoms with Gasteiger partial charge in [-0.1, -0.05) is 0 Å². The fourth-order valence-electron chi connectivity index (χ4n) is 1.43. The molecule has 2 aromatic heterocycles. The number of aromatic carboxylic acids is 1. The molecule has 0 aliphatic rings. The Kier molecular flexibility index (Phi) is 2.13. The Morgan fingerprint density at radius 1 is 1.47 bits per heavy atom. The molecule has 0 saturated heterocycles. The van der Waals surface area contributed by atoms with Crippen LogP contribution < -0.4 is 5.73 Å². The minimum atomic E-state index is -1.07. The summed E-state index contributed by atoms with van der Waals surface area (Å²) in [5.74, 6) is -1.04. The van der Waals surface area contributed by atoms with Crippen LogP contribution in [0, 0.1) is 0 Å². The lowest BCUT2D eigenvalue weighted by Crippen LogP contribution is -2.06. The number of pyridine rings is 1. The van der Waals surface area contributed by atoms with Crippen molar-refractivity contribution in [3.05, 3.63) is 36.3 Å². The van der Waals surface area contributed by atoms with Crippen LogP contribution in [0.2, 0.25) is 0 Å². The van der Waals surface area contributed by atoms with E-state index in [1.165, 1.54) is 6.20 Å². The molecule has 2 aromatic rings. The number of aromatic amines is 1. The Balaban J connectivity index is 2.66. The number of H-pyrrole nitrogens is 1. The van der Waals surface area contributed by atoms with Gasteiger partial charge in [-0.25, -0.2) is 9.78 Å². The Hall–Kier alpha value is -2.30. The van der Waals surface area contributed by atoms with E-state index < -0.39 is 5.97 Å².